The van der Waals surface area contributed by atoms with Crippen LogP contribution in [0.3, 0.4) is 0 Å². The molecule has 5 aromatic rings. The highest BCUT2D eigenvalue weighted by Gasteiger charge is 2.12. The standard InChI is InChI=1S/C100H160N6/c1-5-9-13-17-21-25-29-33-37-41-45-49-53-65-85-101-93-73-61-57-69-89(93)77-81-97-98(82-78-90-70-58-62-74-94(90)102-86-66-54-50-46-42-38-34-30-26-22-18-14-10-6-2)106-100(84-80-92-72-60-64-76-96(92)104-88-68-56-52-48-44-40-36-32-28-24-20-16-12-8-4)99(105-97)83-79-91-71-59-63-75-95(91)103-87-67-55-51-47-43-39-35-31-27-23-19-15-11-7-3/h57-64,69-84,101-104H,5-56,65-68,85-88H2,1-4H3. The largest absolute Gasteiger partial charge is 0.385 e. The van der Waals surface area contributed by atoms with Gasteiger partial charge in [0.25, 0.3) is 0 Å². The molecule has 0 radical (unpaired) electrons. The van der Waals surface area contributed by atoms with Crippen molar-refractivity contribution in [3.8, 4) is 0 Å². The number of nitrogens with zero attached hydrogens (tertiary/aromatic N) is 2. The second-order valence-electron chi connectivity index (χ2n) is 31.5. The van der Waals surface area contributed by atoms with E-state index in [-0.39, 0.29) is 0 Å². The summed E-state index contributed by atoms with van der Waals surface area (Å²) in [6.07, 6.45) is 94.4. The van der Waals surface area contributed by atoms with Gasteiger partial charge in [-0.25, -0.2) is 9.97 Å². The van der Waals surface area contributed by atoms with Crippen LogP contribution in [0.4, 0.5) is 22.7 Å². The van der Waals surface area contributed by atoms with Crippen LogP contribution in [0.2, 0.25) is 0 Å². The summed E-state index contributed by atoms with van der Waals surface area (Å²) >= 11 is 0. The molecule has 4 aromatic carbocycles. The Labute approximate surface area is 654 Å². The Kier molecular flexibility index (Phi) is 56.6. The Balaban J connectivity index is 1.34. The van der Waals surface area contributed by atoms with Crippen molar-refractivity contribution < 1.29 is 0 Å². The van der Waals surface area contributed by atoms with Crippen LogP contribution in [0.25, 0.3) is 48.6 Å². The lowest BCUT2D eigenvalue weighted by molar-refractivity contribution is 0.537. The van der Waals surface area contributed by atoms with Gasteiger partial charge in [0, 0.05) is 48.9 Å². The Morgan fingerprint density at radius 3 is 0.481 bits per heavy atom. The fraction of sp³-hybridized carbons (Fsp3) is 0.640. The Bertz CT molecular complexity index is 2580. The van der Waals surface area contributed by atoms with E-state index in [0.29, 0.717) is 0 Å². The number of aromatic nitrogens is 2. The second-order valence-corrected chi connectivity index (χ2v) is 31.5. The number of anilines is 4. The minimum Gasteiger partial charge on any atom is -0.385 e. The fourth-order valence-corrected chi connectivity index (χ4v) is 15.0. The molecule has 4 N–H and O–H groups in total. The topological polar surface area (TPSA) is 73.9 Å². The lowest BCUT2D eigenvalue weighted by Crippen LogP contribution is -2.04. The van der Waals surface area contributed by atoms with Gasteiger partial charge >= 0.3 is 0 Å². The first-order valence-electron chi connectivity index (χ1n) is 45.6. The lowest BCUT2D eigenvalue weighted by atomic mass is 10.0. The van der Waals surface area contributed by atoms with Crippen molar-refractivity contribution in [1.29, 1.82) is 0 Å². The molecule has 0 aliphatic carbocycles. The van der Waals surface area contributed by atoms with Crippen LogP contribution in [-0.4, -0.2) is 36.1 Å². The molecule has 106 heavy (non-hydrogen) atoms. The molecule has 0 atom stereocenters. The molecule has 590 valence electrons. The number of unbranched alkanes of at least 4 members (excludes halogenated alkanes) is 52. The van der Waals surface area contributed by atoms with Gasteiger partial charge in [0.05, 0.1) is 22.8 Å². The molecule has 0 saturated carbocycles. The zero-order chi connectivity index (χ0) is 74.6. The predicted molar refractivity (Wildman–Crippen MR) is 479 cm³/mol. The third kappa shape index (κ3) is 45.8. The van der Waals surface area contributed by atoms with E-state index in [2.05, 4.69) is 195 Å². The molecule has 1 heterocycles. The van der Waals surface area contributed by atoms with Crippen LogP contribution >= 0.6 is 0 Å². The number of hydrogen-bond acceptors (Lipinski definition) is 6. The van der Waals surface area contributed by atoms with Crippen LogP contribution < -0.4 is 21.3 Å². The fourth-order valence-electron chi connectivity index (χ4n) is 15.0. The maximum atomic E-state index is 5.66. The van der Waals surface area contributed by atoms with Gasteiger partial charge in [0.2, 0.25) is 0 Å². The summed E-state index contributed by atoms with van der Waals surface area (Å²) in [5, 5.41) is 15.4. The van der Waals surface area contributed by atoms with Gasteiger partial charge in [-0.3, -0.25) is 0 Å². The predicted octanol–water partition coefficient (Wildman–Crippen LogP) is 32.7. The number of nitrogens with one attached hydrogen (secondary N) is 4. The second kappa shape index (κ2) is 66.1. The summed E-state index contributed by atoms with van der Waals surface area (Å²) in [6, 6.07) is 35.2. The molecule has 6 heteroatoms. The van der Waals surface area contributed by atoms with Gasteiger partial charge in [0.15, 0.2) is 0 Å². The van der Waals surface area contributed by atoms with Crippen molar-refractivity contribution >= 4 is 71.4 Å². The number of benzene rings is 4. The monoisotopic (exact) mass is 1450 g/mol. The summed E-state index contributed by atoms with van der Waals surface area (Å²) in [4.78, 5) is 11.3. The Hall–Kier alpha value is -5.88. The molecule has 6 nitrogen and oxygen atoms in total. The number of hydrogen-bond donors (Lipinski definition) is 4. The SMILES string of the molecule is CCCCCCCCCCCCCCCCNc1ccccc1C=Cc1nc(C=Cc2ccccc2NCCCCCCCCCCCCCCCC)c(C=Cc2ccccc2NCCCCCCCCCCCCCCCC)nc1C=Cc1ccccc1NCCCCCCCCCCCCCCCC. The zero-order valence-electron chi connectivity index (χ0n) is 69.2. The Morgan fingerprint density at radius 2 is 0.321 bits per heavy atom. The number of rotatable bonds is 72. The molecule has 0 amide bonds. The molecule has 5 rings (SSSR count). The summed E-state index contributed by atoms with van der Waals surface area (Å²) in [6.45, 7) is 13.1. The average Bonchev–Trinajstić information content (AvgIpc) is 0.811. The smallest absolute Gasteiger partial charge is 0.0894 e. The molecule has 1 aromatic heterocycles. The van der Waals surface area contributed by atoms with E-state index < -0.39 is 0 Å². The molecular weight excluding hydrogens is 1290 g/mol. The van der Waals surface area contributed by atoms with Gasteiger partial charge in [0.1, 0.15) is 0 Å². The van der Waals surface area contributed by atoms with Gasteiger partial charge < -0.3 is 21.3 Å². The minimum absolute atomic E-state index is 0.835. The summed E-state index contributed by atoms with van der Waals surface area (Å²) in [5.74, 6) is 0. The van der Waals surface area contributed by atoms with Crippen LogP contribution in [-0.2, 0) is 0 Å². The first kappa shape index (κ1) is 90.7. The molecule has 0 spiro atoms. The maximum Gasteiger partial charge on any atom is 0.0894 e. The first-order valence-corrected chi connectivity index (χ1v) is 45.6. The van der Waals surface area contributed by atoms with Crippen LogP contribution in [0.15, 0.2) is 97.1 Å². The van der Waals surface area contributed by atoms with E-state index in [1.807, 2.05) is 0 Å². The van der Waals surface area contributed by atoms with E-state index in [1.165, 1.54) is 360 Å². The molecule has 0 bridgehead atoms. The van der Waals surface area contributed by atoms with E-state index in [1.54, 1.807) is 0 Å². The van der Waals surface area contributed by atoms with E-state index in [9.17, 15) is 0 Å². The summed E-state index contributed by atoms with van der Waals surface area (Å²) in [7, 11) is 0. The first-order chi connectivity index (χ1) is 52.6. The highest BCUT2D eigenvalue weighted by molar-refractivity contribution is 5.86. The maximum absolute atomic E-state index is 5.66. The molecule has 0 unspecified atom stereocenters. The molecule has 0 aliphatic heterocycles. The van der Waals surface area contributed by atoms with Crippen LogP contribution in [0.5, 0.6) is 0 Å². The zero-order valence-corrected chi connectivity index (χ0v) is 69.2. The number of para-hydroxylation sites is 4. The van der Waals surface area contributed by atoms with Gasteiger partial charge in [-0.1, -0.05) is 459 Å². The molecule has 0 fully saturated rings. The molecular formula is C100H160N6. The van der Waals surface area contributed by atoms with Crippen molar-refractivity contribution in [3.05, 3.63) is 142 Å². The molecule has 0 aliphatic rings. The normalized spacial score (nSPS) is 11.8. The van der Waals surface area contributed by atoms with Crippen molar-refractivity contribution in [2.45, 2.75) is 387 Å². The quantitative estimate of drug-likeness (QED) is 0.0291. The van der Waals surface area contributed by atoms with Crippen LogP contribution in [0.1, 0.15) is 432 Å². The van der Waals surface area contributed by atoms with Gasteiger partial charge in [-0.2, -0.15) is 0 Å². The van der Waals surface area contributed by atoms with Gasteiger partial charge in [-0.05, 0) is 96.5 Å². The summed E-state index contributed by atoms with van der Waals surface area (Å²) < 4.78 is 0. The van der Waals surface area contributed by atoms with Crippen molar-refractivity contribution in [2.24, 2.45) is 0 Å². The summed E-state index contributed by atoms with van der Waals surface area (Å²) in [5.41, 5.74) is 12.6. The van der Waals surface area contributed by atoms with Crippen LogP contribution in [0, 0.1) is 0 Å². The third-order valence-corrected chi connectivity index (χ3v) is 21.9. The van der Waals surface area contributed by atoms with E-state index in [4.69, 9.17) is 9.97 Å². The lowest BCUT2D eigenvalue weighted by Gasteiger charge is -2.12. The van der Waals surface area contributed by atoms with Gasteiger partial charge in [-0.15, -0.1) is 0 Å². The highest BCUT2D eigenvalue weighted by atomic mass is 14.9. The average molecular weight is 1450 g/mol. The highest BCUT2D eigenvalue weighted by Crippen LogP contribution is 2.28. The van der Waals surface area contributed by atoms with Crippen molar-refractivity contribution in [1.82, 2.24) is 9.97 Å². The van der Waals surface area contributed by atoms with E-state index in [0.717, 1.165) is 94.0 Å². The Morgan fingerprint density at radius 1 is 0.179 bits per heavy atom. The third-order valence-electron chi connectivity index (χ3n) is 21.9. The van der Waals surface area contributed by atoms with E-state index >= 15 is 0 Å². The minimum atomic E-state index is 0.835. The van der Waals surface area contributed by atoms with Crippen molar-refractivity contribution in [3.63, 3.8) is 0 Å². The van der Waals surface area contributed by atoms with Crippen molar-refractivity contribution in [2.75, 3.05) is 47.4 Å². The molecule has 0 saturated heterocycles.